The highest BCUT2D eigenvalue weighted by Crippen LogP contribution is 1.98. The fraction of sp³-hybridized carbons (Fsp3) is 0.300. The van der Waals surface area contributed by atoms with E-state index in [9.17, 15) is 4.79 Å². The lowest BCUT2D eigenvalue weighted by Gasteiger charge is -2.00. The van der Waals surface area contributed by atoms with Gasteiger partial charge in [-0.3, -0.25) is 4.79 Å². The minimum Gasteiger partial charge on any atom is -0.466 e. The second-order valence-electron chi connectivity index (χ2n) is 2.62. The molecule has 0 saturated heterocycles. The fourth-order valence-corrected chi connectivity index (χ4v) is 0.903. The van der Waals surface area contributed by atoms with Crippen molar-refractivity contribution in [3.63, 3.8) is 0 Å². The molecule has 0 aromatic carbocycles. The number of aromatic nitrogens is 2. The van der Waals surface area contributed by atoms with Crippen LogP contribution in [-0.2, 0) is 16.0 Å². The van der Waals surface area contributed by atoms with Crippen LogP contribution < -0.4 is 0 Å². The number of carbonyl (C=O) groups is 1. The summed E-state index contributed by atoms with van der Waals surface area (Å²) < 4.78 is 4.76. The van der Waals surface area contributed by atoms with Crippen molar-refractivity contribution in [3.8, 4) is 0 Å². The summed E-state index contributed by atoms with van der Waals surface area (Å²) in [5.74, 6) is 0.160. The van der Waals surface area contributed by atoms with Gasteiger partial charge in [0, 0.05) is 18.0 Å². The average Bonchev–Trinajstić information content (AvgIpc) is 2.19. The molecule has 0 unspecified atom stereocenters. The molecule has 1 heterocycles. The Morgan fingerprint density at radius 2 is 2.21 bits per heavy atom. The number of nitrogens with zero attached hydrogens (tertiary/aromatic N) is 2. The normalized spacial score (nSPS) is 9.50. The first kappa shape index (κ1) is 10.4. The van der Waals surface area contributed by atoms with Crippen LogP contribution in [0.15, 0.2) is 19.0 Å². The van der Waals surface area contributed by atoms with Crippen LogP contribution in [-0.4, -0.2) is 22.5 Å². The molecule has 4 heteroatoms. The number of hydrogen-bond donors (Lipinski definition) is 0. The maximum atomic E-state index is 11.0. The summed E-state index contributed by atoms with van der Waals surface area (Å²) in [6.07, 6.45) is 5.00. The molecular formula is C10H12N2O2. The summed E-state index contributed by atoms with van der Waals surface area (Å²) in [5, 5.41) is 0. The number of ether oxygens (including phenoxy) is 1. The zero-order chi connectivity index (χ0) is 10.4. The quantitative estimate of drug-likeness (QED) is 0.673. The van der Waals surface area contributed by atoms with E-state index in [0.717, 1.165) is 5.56 Å². The van der Waals surface area contributed by atoms with Gasteiger partial charge < -0.3 is 4.74 Å². The Morgan fingerprint density at radius 1 is 1.57 bits per heavy atom. The van der Waals surface area contributed by atoms with Gasteiger partial charge in [0.15, 0.2) is 0 Å². The van der Waals surface area contributed by atoms with Crippen molar-refractivity contribution in [1.82, 2.24) is 9.97 Å². The smallest absolute Gasteiger partial charge is 0.313 e. The molecular weight excluding hydrogens is 180 g/mol. The van der Waals surface area contributed by atoms with E-state index in [1.165, 1.54) is 0 Å². The van der Waals surface area contributed by atoms with Gasteiger partial charge in [-0.15, -0.1) is 0 Å². The minimum atomic E-state index is -0.307. The Labute approximate surface area is 82.6 Å². The summed E-state index contributed by atoms with van der Waals surface area (Å²) in [5.41, 5.74) is 0.831. The van der Waals surface area contributed by atoms with Crippen LogP contribution in [0.4, 0.5) is 0 Å². The molecule has 0 spiro atoms. The predicted octanol–water partition coefficient (Wildman–Crippen LogP) is 1.23. The lowest BCUT2D eigenvalue weighted by molar-refractivity contribution is -0.142. The van der Waals surface area contributed by atoms with Crippen molar-refractivity contribution in [1.29, 1.82) is 0 Å². The molecule has 0 atom stereocenters. The van der Waals surface area contributed by atoms with E-state index in [4.69, 9.17) is 4.74 Å². The van der Waals surface area contributed by atoms with Gasteiger partial charge >= 0.3 is 5.97 Å². The van der Waals surface area contributed by atoms with Crippen molar-refractivity contribution in [2.24, 2.45) is 0 Å². The first-order valence-electron chi connectivity index (χ1n) is 4.35. The largest absolute Gasteiger partial charge is 0.466 e. The summed E-state index contributed by atoms with van der Waals surface area (Å²) in [6, 6.07) is 0. The summed E-state index contributed by atoms with van der Waals surface area (Å²) in [7, 11) is 0. The second kappa shape index (κ2) is 5.11. The molecule has 0 bridgehead atoms. The van der Waals surface area contributed by atoms with Gasteiger partial charge in [0.25, 0.3) is 0 Å². The molecule has 0 saturated carbocycles. The van der Waals surface area contributed by atoms with Gasteiger partial charge in [0.1, 0.15) is 12.2 Å². The SMILES string of the molecule is C=Cc1cnc(CC(=O)OCC)nc1. The van der Waals surface area contributed by atoms with Crippen molar-refractivity contribution in [2.45, 2.75) is 13.3 Å². The number of hydrogen-bond acceptors (Lipinski definition) is 4. The molecule has 0 amide bonds. The number of carbonyl (C=O) groups excluding carboxylic acids is 1. The third-order valence-corrected chi connectivity index (χ3v) is 1.57. The van der Waals surface area contributed by atoms with E-state index in [0.29, 0.717) is 12.4 Å². The fourth-order valence-electron chi connectivity index (χ4n) is 0.903. The van der Waals surface area contributed by atoms with Gasteiger partial charge in [-0.05, 0) is 6.92 Å². The topological polar surface area (TPSA) is 52.1 Å². The summed E-state index contributed by atoms with van der Waals surface area (Å²) >= 11 is 0. The molecule has 0 aliphatic carbocycles. The van der Waals surface area contributed by atoms with Crippen molar-refractivity contribution >= 4 is 12.0 Å². The minimum absolute atomic E-state index is 0.116. The third kappa shape index (κ3) is 2.97. The highest BCUT2D eigenvalue weighted by atomic mass is 16.5. The zero-order valence-electron chi connectivity index (χ0n) is 8.06. The Morgan fingerprint density at radius 3 is 2.71 bits per heavy atom. The molecule has 0 radical (unpaired) electrons. The molecule has 14 heavy (non-hydrogen) atoms. The molecule has 0 aliphatic rings. The molecule has 0 fully saturated rings. The van der Waals surface area contributed by atoms with Crippen LogP contribution in [0.5, 0.6) is 0 Å². The highest BCUT2D eigenvalue weighted by molar-refractivity contribution is 5.71. The summed E-state index contributed by atoms with van der Waals surface area (Å²) in [4.78, 5) is 19.0. The van der Waals surface area contributed by atoms with Gasteiger partial charge in [0.2, 0.25) is 0 Å². The van der Waals surface area contributed by atoms with E-state index in [1.807, 2.05) is 0 Å². The zero-order valence-corrected chi connectivity index (χ0v) is 8.06. The maximum Gasteiger partial charge on any atom is 0.313 e. The van der Waals surface area contributed by atoms with Crippen LogP contribution in [0.25, 0.3) is 6.08 Å². The Kier molecular flexibility index (Phi) is 3.79. The number of esters is 1. The number of rotatable bonds is 4. The maximum absolute atomic E-state index is 11.0. The van der Waals surface area contributed by atoms with Crippen molar-refractivity contribution < 1.29 is 9.53 Å². The first-order chi connectivity index (χ1) is 6.76. The predicted molar refractivity (Wildman–Crippen MR) is 52.5 cm³/mol. The molecule has 4 nitrogen and oxygen atoms in total. The van der Waals surface area contributed by atoms with Crippen LogP contribution >= 0.6 is 0 Å². The molecule has 1 rings (SSSR count). The van der Waals surface area contributed by atoms with Crippen LogP contribution in [0.1, 0.15) is 18.3 Å². The first-order valence-corrected chi connectivity index (χ1v) is 4.35. The monoisotopic (exact) mass is 192 g/mol. The molecule has 1 aromatic heterocycles. The van der Waals surface area contributed by atoms with E-state index < -0.39 is 0 Å². The van der Waals surface area contributed by atoms with Gasteiger partial charge in [-0.2, -0.15) is 0 Å². The Bertz CT molecular complexity index is 319. The second-order valence-corrected chi connectivity index (χ2v) is 2.62. The van der Waals surface area contributed by atoms with Crippen molar-refractivity contribution in [2.75, 3.05) is 6.61 Å². The van der Waals surface area contributed by atoms with Gasteiger partial charge in [-0.1, -0.05) is 12.7 Å². The standard InChI is InChI=1S/C10H12N2O2/c1-3-8-6-11-9(12-7-8)5-10(13)14-4-2/h3,6-7H,1,4-5H2,2H3. The van der Waals surface area contributed by atoms with E-state index in [2.05, 4.69) is 16.5 Å². The van der Waals surface area contributed by atoms with Crippen molar-refractivity contribution in [3.05, 3.63) is 30.4 Å². The van der Waals surface area contributed by atoms with E-state index in [1.54, 1.807) is 25.4 Å². The molecule has 0 N–H and O–H groups in total. The van der Waals surface area contributed by atoms with Gasteiger partial charge in [-0.25, -0.2) is 9.97 Å². The van der Waals surface area contributed by atoms with Crippen LogP contribution in [0.2, 0.25) is 0 Å². The lowest BCUT2D eigenvalue weighted by Crippen LogP contribution is -2.10. The highest BCUT2D eigenvalue weighted by Gasteiger charge is 2.05. The van der Waals surface area contributed by atoms with Crippen LogP contribution in [0, 0.1) is 0 Å². The lowest BCUT2D eigenvalue weighted by atomic mass is 10.3. The Hall–Kier alpha value is -1.71. The van der Waals surface area contributed by atoms with E-state index >= 15 is 0 Å². The van der Waals surface area contributed by atoms with Crippen LogP contribution in [0.3, 0.4) is 0 Å². The molecule has 1 aromatic rings. The summed E-state index contributed by atoms with van der Waals surface area (Å²) in [6.45, 7) is 5.72. The third-order valence-electron chi connectivity index (χ3n) is 1.57. The molecule has 74 valence electrons. The molecule has 0 aliphatic heterocycles. The Balaban J connectivity index is 2.59. The van der Waals surface area contributed by atoms with E-state index in [-0.39, 0.29) is 12.4 Å². The van der Waals surface area contributed by atoms with Gasteiger partial charge in [0.05, 0.1) is 6.61 Å². The average molecular weight is 192 g/mol.